The molecule has 2 heterocycles. The SMILES string of the molecule is COc1ccc(CCNC(=O)CN2CCN(c3ncc(Cl)cc3Cl)CC2)cc1. The minimum atomic E-state index is 0.0459. The molecule has 1 aliphatic rings. The minimum absolute atomic E-state index is 0.0459. The minimum Gasteiger partial charge on any atom is -0.497 e. The lowest BCUT2D eigenvalue weighted by atomic mass is 10.1. The van der Waals surface area contributed by atoms with Crippen molar-refractivity contribution in [2.24, 2.45) is 0 Å². The summed E-state index contributed by atoms with van der Waals surface area (Å²) in [5.41, 5.74) is 1.17. The fraction of sp³-hybridized carbons (Fsp3) is 0.400. The molecule has 0 unspecified atom stereocenters. The number of benzene rings is 1. The molecule has 1 saturated heterocycles. The van der Waals surface area contributed by atoms with Crippen LogP contribution in [0.4, 0.5) is 5.82 Å². The standard InChI is InChI=1S/C20H24Cl2N4O2/c1-28-17-4-2-15(3-5-17)6-7-23-19(27)14-25-8-10-26(11-9-25)20-18(22)12-16(21)13-24-20/h2-5,12-13H,6-11,14H2,1H3,(H,23,27). The Hall–Kier alpha value is -2.02. The van der Waals surface area contributed by atoms with E-state index in [1.54, 1.807) is 19.4 Å². The normalized spacial score (nSPS) is 14.8. The van der Waals surface area contributed by atoms with Crippen LogP contribution < -0.4 is 15.0 Å². The molecule has 1 amide bonds. The van der Waals surface area contributed by atoms with Crippen molar-refractivity contribution in [3.05, 3.63) is 52.1 Å². The Morgan fingerprint density at radius 1 is 1.18 bits per heavy atom. The molecule has 0 bridgehead atoms. The average molecular weight is 423 g/mol. The van der Waals surface area contributed by atoms with Gasteiger partial charge in [0.05, 0.1) is 23.7 Å². The van der Waals surface area contributed by atoms with Crippen LogP contribution in [0.3, 0.4) is 0 Å². The summed E-state index contributed by atoms with van der Waals surface area (Å²) in [6.45, 7) is 4.13. The van der Waals surface area contributed by atoms with E-state index in [4.69, 9.17) is 27.9 Å². The van der Waals surface area contributed by atoms with Crippen LogP contribution >= 0.6 is 23.2 Å². The maximum atomic E-state index is 12.2. The number of nitrogens with zero attached hydrogens (tertiary/aromatic N) is 3. The van der Waals surface area contributed by atoms with Crippen LogP contribution in [0, 0.1) is 0 Å². The third kappa shape index (κ3) is 5.74. The van der Waals surface area contributed by atoms with Crippen molar-refractivity contribution in [3.63, 3.8) is 0 Å². The van der Waals surface area contributed by atoms with Crippen LogP contribution in [0.25, 0.3) is 0 Å². The smallest absolute Gasteiger partial charge is 0.234 e. The van der Waals surface area contributed by atoms with E-state index < -0.39 is 0 Å². The van der Waals surface area contributed by atoms with Crippen LogP contribution in [0.2, 0.25) is 10.0 Å². The van der Waals surface area contributed by atoms with E-state index in [0.29, 0.717) is 23.1 Å². The highest BCUT2D eigenvalue weighted by atomic mass is 35.5. The maximum absolute atomic E-state index is 12.2. The van der Waals surface area contributed by atoms with E-state index in [2.05, 4.69) is 20.1 Å². The first-order chi connectivity index (χ1) is 13.5. The molecule has 1 aromatic carbocycles. The van der Waals surface area contributed by atoms with E-state index in [1.165, 1.54) is 5.56 Å². The number of rotatable bonds is 7. The Balaban J connectivity index is 1.38. The van der Waals surface area contributed by atoms with Gasteiger partial charge in [-0.2, -0.15) is 0 Å². The van der Waals surface area contributed by atoms with Crippen molar-refractivity contribution < 1.29 is 9.53 Å². The van der Waals surface area contributed by atoms with Gasteiger partial charge in [-0.25, -0.2) is 4.98 Å². The largest absolute Gasteiger partial charge is 0.497 e. The van der Waals surface area contributed by atoms with Crippen LogP contribution in [0.15, 0.2) is 36.5 Å². The van der Waals surface area contributed by atoms with Crippen molar-refractivity contribution in [3.8, 4) is 5.75 Å². The van der Waals surface area contributed by atoms with Crippen molar-refractivity contribution in [1.29, 1.82) is 0 Å². The van der Waals surface area contributed by atoms with E-state index in [0.717, 1.165) is 44.2 Å². The summed E-state index contributed by atoms with van der Waals surface area (Å²) in [4.78, 5) is 20.8. The molecule has 28 heavy (non-hydrogen) atoms. The molecule has 0 spiro atoms. The molecule has 0 saturated carbocycles. The molecule has 1 aliphatic heterocycles. The monoisotopic (exact) mass is 422 g/mol. The summed E-state index contributed by atoms with van der Waals surface area (Å²) < 4.78 is 5.15. The zero-order valence-electron chi connectivity index (χ0n) is 15.8. The summed E-state index contributed by atoms with van der Waals surface area (Å²) in [6, 6.07) is 9.59. The zero-order chi connectivity index (χ0) is 19.9. The Bertz CT molecular complexity index is 793. The highest BCUT2D eigenvalue weighted by molar-refractivity contribution is 6.36. The van der Waals surface area contributed by atoms with Gasteiger partial charge in [-0.3, -0.25) is 9.69 Å². The van der Waals surface area contributed by atoms with Gasteiger partial charge in [0, 0.05) is 38.9 Å². The van der Waals surface area contributed by atoms with Gasteiger partial charge < -0.3 is 15.0 Å². The predicted molar refractivity (Wildman–Crippen MR) is 113 cm³/mol. The third-order valence-corrected chi connectivity index (χ3v) is 5.21. The lowest BCUT2D eigenvalue weighted by Gasteiger charge is -2.35. The molecule has 0 aliphatic carbocycles. The second-order valence-corrected chi connectivity index (χ2v) is 7.51. The molecule has 150 valence electrons. The van der Waals surface area contributed by atoms with E-state index in [1.807, 2.05) is 24.3 Å². The fourth-order valence-electron chi connectivity index (χ4n) is 3.16. The zero-order valence-corrected chi connectivity index (χ0v) is 17.3. The van der Waals surface area contributed by atoms with E-state index in [9.17, 15) is 4.79 Å². The topological polar surface area (TPSA) is 57.7 Å². The van der Waals surface area contributed by atoms with Gasteiger partial charge in [-0.15, -0.1) is 0 Å². The Morgan fingerprint density at radius 2 is 1.89 bits per heavy atom. The van der Waals surface area contributed by atoms with Crippen LogP contribution in [0.1, 0.15) is 5.56 Å². The van der Waals surface area contributed by atoms with E-state index in [-0.39, 0.29) is 5.91 Å². The van der Waals surface area contributed by atoms with Gasteiger partial charge in [0.25, 0.3) is 0 Å². The van der Waals surface area contributed by atoms with Gasteiger partial charge in [0.2, 0.25) is 5.91 Å². The third-order valence-electron chi connectivity index (χ3n) is 4.72. The predicted octanol–water partition coefficient (Wildman–Crippen LogP) is 2.88. The number of hydrogen-bond acceptors (Lipinski definition) is 5. The van der Waals surface area contributed by atoms with Crippen molar-refractivity contribution in [2.75, 3.05) is 51.3 Å². The van der Waals surface area contributed by atoms with Crippen LogP contribution in [-0.2, 0) is 11.2 Å². The number of piperazine rings is 1. The molecule has 0 atom stereocenters. The van der Waals surface area contributed by atoms with Gasteiger partial charge in [-0.05, 0) is 30.2 Å². The summed E-state index contributed by atoms with van der Waals surface area (Å²) in [6.07, 6.45) is 2.40. The second kappa shape index (κ2) is 9.96. The molecule has 8 heteroatoms. The molecule has 0 radical (unpaired) electrons. The van der Waals surface area contributed by atoms with Crippen molar-refractivity contribution >= 4 is 34.9 Å². The number of hydrogen-bond donors (Lipinski definition) is 1. The first-order valence-corrected chi connectivity index (χ1v) is 9.98. The lowest BCUT2D eigenvalue weighted by molar-refractivity contribution is -0.122. The number of carbonyl (C=O) groups is 1. The Kier molecular flexibility index (Phi) is 7.36. The lowest BCUT2D eigenvalue weighted by Crippen LogP contribution is -2.50. The summed E-state index contributed by atoms with van der Waals surface area (Å²) in [5.74, 6) is 1.63. The molecule has 3 rings (SSSR count). The summed E-state index contributed by atoms with van der Waals surface area (Å²) in [5, 5.41) is 4.07. The second-order valence-electron chi connectivity index (χ2n) is 6.67. The average Bonchev–Trinajstić information content (AvgIpc) is 2.69. The molecule has 1 fully saturated rings. The molecular weight excluding hydrogens is 399 g/mol. The number of carbonyl (C=O) groups excluding carboxylic acids is 1. The van der Waals surface area contributed by atoms with Gasteiger partial charge in [0.1, 0.15) is 11.6 Å². The molecular formula is C20H24Cl2N4O2. The number of ether oxygens (including phenoxy) is 1. The van der Waals surface area contributed by atoms with Crippen molar-refractivity contribution in [2.45, 2.75) is 6.42 Å². The van der Waals surface area contributed by atoms with Gasteiger partial charge in [0.15, 0.2) is 0 Å². The number of nitrogens with one attached hydrogen (secondary N) is 1. The van der Waals surface area contributed by atoms with Gasteiger partial charge >= 0.3 is 0 Å². The number of methoxy groups -OCH3 is 1. The van der Waals surface area contributed by atoms with Crippen LogP contribution in [0.5, 0.6) is 5.75 Å². The van der Waals surface area contributed by atoms with E-state index >= 15 is 0 Å². The van der Waals surface area contributed by atoms with Crippen molar-refractivity contribution in [1.82, 2.24) is 15.2 Å². The highest BCUT2D eigenvalue weighted by Crippen LogP contribution is 2.26. The molecule has 1 N–H and O–H groups in total. The maximum Gasteiger partial charge on any atom is 0.234 e. The number of halogens is 2. The number of pyridine rings is 1. The highest BCUT2D eigenvalue weighted by Gasteiger charge is 2.21. The number of anilines is 1. The van der Waals surface area contributed by atoms with Gasteiger partial charge in [-0.1, -0.05) is 35.3 Å². The quantitative estimate of drug-likeness (QED) is 0.743. The summed E-state index contributed by atoms with van der Waals surface area (Å²) >= 11 is 12.1. The fourth-order valence-corrected chi connectivity index (χ4v) is 3.65. The Morgan fingerprint density at radius 3 is 2.54 bits per heavy atom. The number of aromatic nitrogens is 1. The molecule has 6 nitrogen and oxygen atoms in total. The number of amides is 1. The molecule has 2 aromatic rings. The first kappa shape index (κ1) is 20.7. The summed E-state index contributed by atoms with van der Waals surface area (Å²) in [7, 11) is 1.65. The first-order valence-electron chi connectivity index (χ1n) is 9.23. The molecule has 1 aromatic heterocycles. The van der Waals surface area contributed by atoms with Crippen LogP contribution in [-0.4, -0.2) is 62.2 Å². The Labute approximate surface area is 175 Å².